The van der Waals surface area contributed by atoms with Gasteiger partial charge in [0, 0.05) is 0 Å². The fourth-order valence-electron chi connectivity index (χ4n) is 1.28. The largest absolute Gasteiger partial charge is 0.465 e. The molecule has 0 radical (unpaired) electrons. The molecule has 0 aliphatic carbocycles. The van der Waals surface area contributed by atoms with Crippen LogP contribution in [0.25, 0.3) is 0 Å². The van der Waals surface area contributed by atoms with Crippen LogP contribution in [-0.4, -0.2) is 22.8 Å². The molecule has 0 saturated heterocycles. The molecule has 0 heterocycles. The highest BCUT2D eigenvalue weighted by atomic mass is 35.5. The third-order valence-corrected chi connectivity index (χ3v) is 2.33. The van der Waals surface area contributed by atoms with E-state index in [4.69, 9.17) is 21.4 Å². The van der Waals surface area contributed by atoms with Gasteiger partial charge in [0.1, 0.15) is 17.0 Å². The van der Waals surface area contributed by atoms with Crippen LogP contribution in [0.3, 0.4) is 0 Å². The van der Waals surface area contributed by atoms with Gasteiger partial charge in [0.25, 0.3) is 0 Å². The number of rotatable bonds is 2. The molecule has 0 spiro atoms. The average molecular weight is 290 g/mol. The van der Waals surface area contributed by atoms with Crippen LogP contribution in [0.15, 0.2) is 12.1 Å². The van der Waals surface area contributed by atoms with Gasteiger partial charge in [-0.1, -0.05) is 11.6 Å². The molecule has 0 aliphatic heterocycles. The molecule has 7 heteroatoms. The SMILES string of the molecule is CC(C)(C)OC(=O)c1c(F)ccc(NC(=O)O)c1Cl. The number of anilines is 1. The van der Waals surface area contributed by atoms with Crippen LogP contribution in [0.4, 0.5) is 14.9 Å². The van der Waals surface area contributed by atoms with Crippen molar-refractivity contribution in [3.63, 3.8) is 0 Å². The Morgan fingerprint density at radius 1 is 1.37 bits per heavy atom. The summed E-state index contributed by atoms with van der Waals surface area (Å²) in [7, 11) is 0. The van der Waals surface area contributed by atoms with Gasteiger partial charge in [-0.15, -0.1) is 0 Å². The second-order valence-electron chi connectivity index (χ2n) is 4.72. The summed E-state index contributed by atoms with van der Waals surface area (Å²) in [5, 5.41) is 10.2. The smallest absolute Gasteiger partial charge is 0.409 e. The molecule has 1 rings (SSSR count). The van der Waals surface area contributed by atoms with Gasteiger partial charge >= 0.3 is 12.1 Å². The maximum Gasteiger partial charge on any atom is 0.409 e. The number of nitrogens with one attached hydrogen (secondary N) is 1. The molecule has 104 valence electrons. The minimum atomic E-state index is -1.37. The molecule has 1 aromatic rings. The van der Waals surface area contributed by atoms with Crippen molar-refractivity contribution < 1.29 is 23.8 Å². The van der Waals surface area contributed by atoms with Gasteiger partial charge in [-0.05, 0) is 32.9 Å². The molecule has 0 aromatic heterocycles. The van der Waals surface area contributed by atoms with Crippen LogP contribution in [0, 0.1) is 5.82 Å². The van der Waals surface area contributed by atoms with E-state index in [9.17, 15) is 14.0 Å². The van der Waals surface area contributed by atoms with Gasteiger partial charge in [-0.25, -0.2) is 14.0 Å². The van der Waals surface area contributed by atoms with E-state index in [-0.39, 0.29) is 10.7 Å². The van der Waals surface area contributed by atoms with E-state index in [0.29, 0.717) is 0 Å². The maximum atomic E-state index is 13.6. The third-order valence-electron chi connectivity index (χ3n) is 1.94. The first kappa shape index (κ1) is 15.2. The Morgan fingerprint density at radius 3 is 2.42 bits per heavy atom. The van der Waals surface area contributed by atoms with Gasteiger partial charge < -0.3 is 9.84 Å². The number of carboxylic acid groups (broad SMARTS) is 1. The van der Waals surface area contributed by atoms with Crippen LogP contribution in [0.1, 0.15) is 31.1 Å². The fourth-order valence-corrected chi connectivity index (χ4v) is 1.56. The number of benzene rings is 1. The van der Waals surface area contributed by atoms with Crippen molar-refractivity contribution in [2.24, 2.45) is 0 Å². The first-order valence-electron chi connectivity index (χ1n) is 5.33. The highest BCUT2D eigenvalue weighted by molar-refractivity contribution is 6.36. The van der Waals surface area contributed by atoms with Gasteiger partial charge in [-0.3, -0.25) is 5.32 Å². The van der Waals surface area contributed by atoms with Crippen molar-refractivity contribution in [3.8, 4) is 0 Å². The molecular formula is C12H13ClFNO4. The van der Waals surface area contributed by atoms with Gasteiger partial charge in [0.15, 0.2) is 0 Å². The lowest BCUT2D eigenvalue weighted by molar-refractivity contribution is 0.00649. The Balaban J connectivity index is 3.19. The zero-order valence-corrected chi connectivity index (χ0v) is 11.3. The number of esters is 1. The minimum absolute atomic E-state index is 0.0866. The van der Waals surface area contributed by atoms with Crippen molar-refractivity contribution in [1.29, 1.82) is 0 Å². The summed E-state index contributed by atoms with van der Waals surface area (Å²) in [4.78, 5) is 22.4. The summed E-state index contributed by atoms with van der Waals surface area (Å²) in [6.07, 6.45) is -1.37. The molecule has 2 N–H and O–H groups in total. The van der Waals surface area contributed by atoms with Crippen LogP contribution in [0.5, 0.6) is 0 Å². The summed E-state index contributed by atoms with van der Waals surface area (Å²) >= 11 is 5.82. The summed E-state index contributed by atoms with van der Waals surface area (Å²) in [6.45, 7) is 4.86. The van der Waals surface area contributed by atoms with Crippen molar-refractivity contribution in [2.75, 3.05) is 5.32 Å². The van der Waals surface area contributed by atoms with E-state index >= 15 is 0 Å². The van der Waals surface area contributed by atoms with Crippen molar-refractivity contribution >= 4 is 29.4 Å². The van der Waals surface area contributed by atoms with E-state index in [1.54, 1.807) is 20.8 Å². The molecule has 0 unspecified atom stereocenters. The fraction of sp³-hybridized carbons (Fsp3) is 0.333. The quantitative estimate of drug-likeness (QED) is 0.817. The Labute approximate surface area is 114 Å². The number of carbonyl (C=O) groups is 2. The number of halogens is 2. The van der Waals surface area contributed by atoms with E-state index < -0.39 is 29.0 Å². The maximum absolute atomic E-state index is 13.6. The van der Waals surface area contributed by atoms with Crippen LogP contribution in [0.2, 0.25) is 5.02 Å². The Bertz CT molecular complexity index is 525. The van der Waals surface area contributed by atoms with E-state index in [1.807, 2.05) is 5.32 Å². The normalized spacial score (nSPS) is 11.0. The highest BCUT2D eigenvalue weighted by Gasteiger charge is 2.25. The van der Waals surface area contributed by atoms with Crippen LogP contribution in [-0.2, 0) is 4.74 Å². The number of carbonyl (C=O) groups excluding carboxylic acids is 1. The van der Waals surface area contributed by atoms with Crippen molar-refractivity contribution in [1.82, 2.24) is 0 Å². The standard InChI is InChI=1S/C12H13ClFNO4/c1-12(2,3)19-10(16)8-6(14)4-5-7(9(8)13)15-11(17)18/h4-5,15H,1-3H3,(H,17,18). The molecular weight excluding hydrogens is 277 g/mol. The van der Waals surface area contributed by atoms with Gasteiger partial charge in [-0.2, -0.15) is 0 Å². The number of ether oxygens (including phenoxy) is 1. The van der Waals surface area contributed by atoms with E-state index in [0.717, 1.165) is 12.1 Å². The van der Waals surface area contributed by atoms with E-state index in [1.165, 1.54) is 0 Å². The molecule has 19 heavy (non-hydrogen) atoms. The second-order valence-corrected chi connectivity index (χ2v) is 5.09. The Kier molecular flexibility index (Phi) is 4.36. The highest BCUT2D eigenvalue weighted by Crippen LogP contribution is 2.29. The van der Waals surface area contributed by atoms with Crippen molar-refractivity contribution in [3.05, 3.63) is 28.5 Å². The lowest BCUT2D eigenvalue weighted by atomic mass is 10.1. The molecule has 1 amide bonds. The van der Waals surface area contributed by atoms with Crippen molar-refractivity contribution in [2.45, 2.75) is 26.4 Å². The molecule has 1 aromatic carbocycles. The minimum Gasteiger partial charge on any atom is -0.465 e. The molecule has 0 fully saturated rings. The molecule has 0 aliphatic rings. The lowest BCUT2D eigenvalue weighted by Crippen LogP contribution is -2.25. The second kappa shape index (κ2) is 5.44. The third kappa shape index (κ3) is 4.10. The molecule has 0 bridgehead atoms. The summed E-state index contributed by atoms with van der Waals surface area (Å²) in [5.41, 5.74) is -1.40. The monoisotopic (exact) mass is 289 g/mol. The predicted molar refractivity (Wildman–Crippen MR) is 68.2 cm³/mol. The summed E-state index contributed by atoms with van der Waals surface area (Å²) in [6, 6.07) is 2.07. The predicted octanol–water partition coefficient (Wildman–Crippen LogP) is 3.52. The Hall–Kier alpha value is -1.82. The first-order chi connectivity index (χ1) is 8.61. The Morgan fingerprint density at radius 2 is 1.95 bits per heavy atom. The number of amides is 1. The lowest BCUT2D eigenvalue weighted by Gasteiger charge is -2.20. The van der Waals surface area contributed by atoms with Crippen LogP contribution < -0.4 is 5.32 Å². The molecule has 0 saturated carbocycles. The zero-order chi connectivity index (χ0) is 14.8. The van der Waals surface area contributed by atoms with E-state index in [2.05, 4.69) is 0 Å². The van der Waals surface area contributed by atoms with Crippen LogP contribution >= 0.6 is 11.6 Å². The summed E-state index contributed by atoms with van der Waals surface area (Å²) in [5.74, 6) is -1.83. The van der Waals surface area contributed by atoms with Gasteiger partial charge in [0.2, 0.25) is 0 Å². The molecule has 5 nitrogen and oxygen atoms in total. The number of hydrogen-bond donors (Lipinski definition) is 2. The molecule has 0 atom stereocenters. The number of hydrogen-bond acceptors (Lipinski definition) is 3. The van der Waals surface area contributed by atoms with Gasteiger partial charge in [0.05, 0.1) is 10.7 Å². The average Bonchev–Trinajstić information content (AvgIpc) is 2.19. The summed E-state index contributed by atoms with van der Waals surface area (Å²) < 4.78 is 18.6. The zero-order valence-electron chi connectivity index (χ0n) is 10.6. The topological polar surface area (TPSA) is 75.6 Å². The first-order valence-corrected chi connectivity index (χ1v) is 5.71.